The van der Waals surface area contributed by atoms with Crippen LogP contribution in [0.4, 0.5) is 11.6 Å². The van der Waals surface area contributed by atoms with Crippen molar-refractivity contribution in [1.82, 2.24) is 29.1 Å². The zero-order chi connectivity index (χ0) is 20.0. The Balaban J connectivity index is 1.60. The minimum Gasteiger partial charge on any atom is -0.381 e. The molecule has 5 heterocycles. The quantitative estimate of drug-likeness (QED) is 0.553. The Morgan fingerprint density at radius 2 is 2.07 bits per heavy atom. The van der Waals surface area contributed by atoms with Crippen molar-refractivity contribution in [3.8, 4) is 0 Å². The SMILES string of the molecule is Cn1c(=O)cc(C2CCOCC2)c2nc(Nc3cn4ncnc4cc3Cl)ncc21. The number of fused-ring (bicyclic) bond motifs is 2. The molecule has 1 fully saturated rings. The zero-order valence-electron chi connectivity index (χ0n) is 15.7. The molecular weight excluding hydrogens is 394 g/mol. The van der Waals surface area contributed by atoms with Crippen LogP contribution in [-0.4, -0.2) is 42.3 Å². The average molecular weight is 412 g/mol. The summed E-state index contributed by atoms with van der Waals surface area (Å²) in [7, 11) is 1.73. The molecule has 4 aromatic rings. The van der Waals surface area contributed by atoms with Gasteiger partial charge >= 0.3 is 0 Å². The second-order valence-electron chi connectivity index (χ2n) is 7.03. The summed E-state index contributed by atoms with van der Waals surface area (Å²) < 4.78 is 8.66. The Morgan fingerprint density at radius 3 is 2.90 bits per heavy atom. The summed E-state index contributed by atoms with van der Waals surface area (Å²) in [5, 5.41) is 7.77. The fourth-order valence-corrected chi connectivity index (χ4v) is 3.87. The van der Waals surface area contributed by atoms with Gasteiger partial charge in [0.25, 0.3) is 5.56 Å². The number of hydrogen-bond donors (Lipinski definition) is 1. The van der Waals surface area contributed by atoms with Gasteiger partial charge in [0.1, 0.15) is 6.33 Å². The van der Waals surface area contributed by atoms with Crippen molar-refractivity contribution in [2.45, 2.75) is 18.8 Å². The van der Waals surface area contributed by atoms with Crippen molar-refractivity contribution in [3.05, 3.63) is 51.8 Å². The Morgan fingerprint density at radius 1 is 1.24 bits per heavy atom. The highest BCUT2D eigenvalue weighted by atomic mass is 35.5. The summed E-state index contributed by atoms with van der Waals surface area (Å²) in [6, 6.07) is 3.40. The van der Waals surface area contributed by atoms with Gasteiger partial charge in [-0.15, -0.1) is 0 Å². The number of hydrogen-bond acceptors (Lipinski definition) is 7. The molecule has 5 rings (SSSR count). The third-order valence-electron chi connectivity index (χ3n) is 5.29. The molecule has 0 bridgehead atoms. The normalized spacial score (nSPS) is 15.2. The van der Waals surface area contributed by atoms with E-state index in [0.29, 0.717) is 41.0 Å². The van der Waals surface area contributed by atoms with Gasteiger partial charge in [-0.1, -0.05) is 11.6 Å². The number of nitrogens with one attached hydrogen (secondary N) is 1. The number of aromatic nitrogens is 6. The number of anilines is 2. The summed E-state index contributed by atoms with van der Waals surface area (Å²) in [5.74, 6) is 0.629. The number of halogens is 1. The molecule has 29 heavy (non-hydrogen) atoms. The van der Waals surface area contributed by atoms with E-state index in [1.54, 1.807) is 40.7 Å². The van der Waals surface area contributed by atoms with Crippen molar-refractivity contribution in [2.75, 3.05) is 18.5 Å². The van der Waals surface area contributed by atoms with Crippen molar-refractivity contribution in [3.63, 3.8) is 0 Å². The summed E-state index contributed by atoms with van der Waals surface area (Å²) in [4.78, 5) is 25.7. The van der Waals surface area contributed by atoms with Crippen LogP contribution in [0.15, 0.2) is 35.6 Å². The summed E-state index contributed by atoms with van der Waals surface area (Å²) >= 11 is 6.37. The largest absolute Gasteiger partial charge is 0.381 e. The van der Waals surface area contributed by atoms with E-state index in [1.807, 2.05) is 0 Å². The number of nitrogens with zero attached hydrogens (tertiary/aromatic N) is 6. The molecule has 0 radical (unpaired) electrons. The first-order chi connectivity index (χ1) is 14.1. The van der Waals surface area contributed by atoms with Gasteiger partial charge in [0.2, 0.25) is 5.95 Å². The zero-order valence-corrected chi connectivity index (χ0v) is 16.4. The lowest BCUT2D eigenvalue weighted by molar-refractivity contribution is 0.0855. The second kappa shape index (κ2) is 7.09. The van der Waals surface area contributed by atoms with Crippen molar-refractivity contribution >= 4 is 39.9 Å². The number of pyridine rings is 2. The van der Waals surface area contributed by atoms with Crippen LogP contribution in [0.5, 0.6) is 0 Å². The maximum Gasteiger partial charge on any atom is 0.251 e. The lowest BCUT2D eigenvalue weighted by atomic mass is 9.91. The Bertz CT molecular complexity index is 1280. The molecule has 0 spiro atoms. The maximum atomic E-state index is 12.4. The third kappa shape index (κ3) is 3.22. The van der Waals surface area contributed by atoms with Crippen molar-refractivity contribution in [2.24, 2.45) is 7.05 Å². The molecule has 0 saturated carbocycles. The highest BCUT2D eigenvalue weighted by Crippen LogP contribution is 2.31. The Kier molecular flexibility index (Phi) is 4.40. The second-order valence-corrected chi connectivity index (χ2v) is 7.44. The topological polar surface area (TPSA) is 99.2 Å². The fraction of sp³-hybridized carbons (Fsp3) is 0.316. The van der Waals surface area contributed by atoms with Crippen LogP contribution in [0.3, 0.4) is 0 Å². The van der Waals surface area contributed by atoms with Crippen LogP contribution in [0.25, 0.3) is 16.7 Å². The molecule has 0 atom stereocenters. The first-order valence-corrected chi connectivity index (χ1v) is 9.68. The molecule has 148 valence electrons. The minimum atomic E-state index is -0.0667. The van der Waals surface area contributed by atoms with Gasteiger partial charge in [0, 0.05) is 32.4 Å². The van der Waals surface area contributed by atoms with Gasteiger partial charge in [0.15, 0.2) is 5.65 Å². The summed E-state index contributed by atoms with van der Waals surface area (Å²) in [6.07, 6.45) is 6.59. The predicted octanol–water partition coefficient (Wildman–Crippen LogP) is 2.66. The van der Waals surface area contributed by atoms with Gasteiger partial charge in [-0.3, -0.25) is 4.79 Å². The first-order valence-electron chi connectivity index (χ1n) is 9.30. The molecule has 0 aliphatic carbocycles. The molecule has 1 aliphatic rings. The van der Waals surface area contributed by atoms with Gasteiger partial charge < -0.3 is 14.6 Å². The minimum absolute atomic E-state index is 0.0667. The van der Waals surface area contributed by atoms with E-state index in [1.165, 1.54) is 6.33 Å². The lowest BCUT2D eigenvalue weighted by Gasteiger charge is -2.23. The van der Waals surface area contributed by atoms with Gasteiger partial charge in [-0.05, 0) is 24.3 Å². The van der Waals surface area contributed by atoms with E-state index in [-0.39, 0.29) is 11.5 Å². The monoisotopic (exact) mass is 411 g/mol. The molecule has 1 saturated heterocycles. The van der Waals surface area contributed by atoms with Crippen molar-refractivity contribution in [1.29, 1.82) is 0 Å². The van der Waals surface area contributed by atoms with E-state index in [2.05, 4.69) is 20.4 Å². The lowest BCUT2D eigenvalue weighted by Crippen LogP contribution is -2.22. The highest BCUT2D eigenvalue weighted by Gasteiger charge is 2.21. The molecule has 0 unspecified atom stereocenters. The molecular formula is C19H18ClN7O2. The van der Waals surface area contributed by atoms with E-state index < -0.39 is 0 Å². The van der Waals surface area contributed by atoms with Gasteiger partial charge in [-0.2, -0.15) is 5.10 Å². The van der Waals surface area contributed by atoms with Crippen LogP contribution in [0.1, 0.15) is 24.3 Å². The van der Waals surface area contributed by atoms with Crippen LogP contribution < -0.4 is 10.9 Å². The standard InChI is InChI=1S/C19H18ClN7O2/c1-26-15-8-21-19(24-14-9-27-16(7-13(14)20)22-10-23-27)25-18(15)12(6-17(26)28)11-2-4-29-5-3-11/h6-11H,2-5H2,1H3,(H,21,24,25). The van der Waals surface area contributed by atoms with Crippen molar-refractivity contribution < 1.29 is 4.74 Å². The predicted molar refractivity (Wildman–Crippen MR) is 109 cm³/mol. The molecule has 1 aliphatic heterocycles. The van der Waals surface area contributed by atoms with E-state index in [0.717, 1.165) is 23.9 Å². The van der Waals surface area contributed by atoms with E-state index >= 15 is 0 Å². The highest BCUT2D eigenvalue weighted by molar-refractivity contribution is 6.33. The molecule has 1 N–H and O–H groups in total. The molecule has 10 heteroatoms. The number of rotatable bonds is 3. The van der Waals surface area contributed by atoms with Crippen LogP contribution in [0.2, 0.25) is 5.02 Å². The number of ether oxygens (including phenoxy) is 1. The third-order valence-corrected chi connectivity index (χ3v) is 5.60. The Labute approximate surface area is 170 Å². The van der Waals surface area contributed by atoms with Crippen LogP contribution in [-0.2, 0) is 11.8 Å². The van der Waals surface area contributed by atoms with E-state index in [9.17, 15) is 4.79 Å². The first kappa shape index (κ1) is 18.0. The average Bonchev–Trinajstić information content (AvgIpc) is 3.18. The maximum absolute atomic E-state index is 12.4. The van der Waals surface area contributed by atoms with Gasteiger partial charge in [-0.25, -0.2) is 19.5 Å². The summed E-state index contributed by atoms with van der Waals surface area (Å²) in [5.41, 5.74) is 3.59. The van der Waals surface area contributed by atoms with Crippen LogP contribution >= 0.6 is 11.6 Å². The number of aryl methyl sites for hydroxylation is 1. The van der Waals surface area contributed by atoms with E-state index in [4.69, 9.17) is 21.3 Å². The Hall–Kier alpha value is -3.04. The fourth-order valence-electron chi connectivity index (χ4n) is 3.68. The smallest absolute Gasteiger partial charge is 0.251 e. The van der Waals surface area contributed by atoms with Crippen LogP contribution in [0, 0.1) is 0 Å². The summed E-state index contributed by atoms with van der Waals surface area (Å²) in [6.45, 7) is 1.37. The molecule has 9 nitrogen and oxygen atoms in total. The molecule has 0 amide bonds. The molecule has 0 aromatic carbocycles. The van der Waals surface area contributed by atoms with Gasteiger partial charge in [0.05, 0.1) is 34.1 Å². The molecule has 4 aromatic heterocycles.